The van der Waals surface area contributed by atoms with Crippen LogP contribution in [0.5, 0.6) is 0 Å². The van der Waals surface area contributed by atoms with E-state index in [9.17, 15) is 0 Å². The van der Waals surface area contributed by atoms with Crippen molar-refractivity contribution in [3.63, 3.8) is 0 Å². The first kappa shape index (κ1) is 12.6. The molecule has 0 saturated carbocycles. The van der Waals surface area contributed by atoms with Gasteiger partial charge in [-0.05, 0) is 38.8 Å². The number of nitrogens with zero attached hydrogens (tertiary/aromatic N) is 3. The highest BCUT2D eigenvalue weighted by Crippen LogP contribution is 2.29. The summed E-state index contributed by atoms with van der Waals surface area (Å²) in [5, 5.41) is 0. The molecule has 2 heterocycles. The smallest absolute Gasteiger partial charge is 0.123 e. The predicted octanol–water partition coefficient (Wildman–Crippen LogP) is 1.63. The second-order valence-electron chi connectivity index (χ2n) is 5.82. The van der Waals surface area contributed by atoms with Crippen molar-refractivity contribution in [1.29, 1.82) is 0 Å². The molecule has 2 rings (SSSR count). The number of aromatic nitrogens is 2. The van der Waals surface area contributed by atoms with Crippen molar-refractivity contribution in [3.05, 3.63) is 18.2 Å². The summed E-state index contributed by atoms with van der Waals surface area (Å²) in [5.74, 6) is 1.17. The molecule has 1 unspecified atom stereocenters. The molecule has 0 spiro atoms. The SMILES string of the molecule is CC(C)n1ccnc1CN1CCC(C)(CN)C1. The summed E-state index contributed by atoms with van der Waals surface area (Å²) in [6.07, 6.45) is 5.16. The molecule has 1 aliphatic rings. The van der Waals surface area contributed by atoms with Crippen LogP contribution in [0.4, 0.5) is 0 Å². The van der Waals surface area contributed by atoms with E-state index in [1.54, 1.807) is 0 Å². The molecule has 1 aromatic rings. The molecule has 1 aromatic heterocycles. The van der Waals surface area contributed by atoms with E-state index in [2.05, 4.69) is 41.4 Å². The molecule has 0 radical (unpaired) electrons. The fourth-order valence-corrected chi connectivity index (χ4v) is 2.56. The molecule has 0 amide bonds. The second-order valence-corrected chi connectivity index (χ2v) is 5.82. The molecule has 0 aromatic carbocycles. The van der Waals surface area contributed by atoms with Crippen LogP contribution in [0.2, 0.25) is 0 Å². The lowest BCUT2D eigenvalue weighted by Crippen LogP contribution is -2.31. The average Bonchev–Trinajstić information content (AvgIpc) is 2.87. The first-order valence-electron chi connectivity index (χ1n) is 6.48. The molecular weight excluding hydrogens is 212 g/mol. The monoisotopic (exact) mass is 236 g/mol. The largest absolute Gasteiger partial charge is 0.331 e. The Morgan fingerprint density at radius 1 is 1.53 bits per heavy atom. The Hall–Kier alpha value is -0.870. The van der Waals surface area contributed by atoms with Crippen LogP contribution < -0.4 is 5.73 Å². The summed E-state index contributed by atoms with van der Waals surface area (Å²) in [4.78, 5) is 6.93. The van der Waals surface area contributed by atoms with Gasteiger partial charge in [-0.2, -0.15) is 0 Å². The topological polar surface area (TPSA) is 47.1 Å². The standard InChI is InChI=1S/C13H24N4/c1-11(2)17-7-5-15-12(17)8-16-6-4-13(3,9-14)10-16/h5,7,11H,4,6,8-10,14H2,1-3H3. The van der Waals surface area contributed by atoms with E-state index in [-0.39, 0.29) is 0 Å². The first-order valence-corrected chi connectivity index (χ1v) is 6.48. The fraction of sp³-hybridized carbons (Fsp3) is 0.769. The van der Waals surface area contributed by atoms with Crippen molar-refractivity contribution < 1.29 is 0 Å². The van der Waals surface area contributed by atoms with E-state index in [1.165, 1.54) is 12.2 Å². The van der Waals surface area contributed by atoms with Crippen molar-refractivity contribution in [2.45, 2.75) is 39.8 Å². The third kappa shape index (κ3) is 2.69. The van der Waals surface area contributed by atoms with Crippen LogP contribution in [-0.4, -0.2) is 34.1 Å². The van der Waals surface area contributed by atoms with E-state index in [4.69, 9.17) is 5.73 Å². The molecule has 0 bridgehead atoms. The average molecular weight is 236 g/mol. The molecule has 1 atom stereocenters. The predicted molar refractivity (Wildman–Crippen MR) is 69.7 cm³/mol. The molecule has 1 aliphatic heterocycles. The number of nitrogens with two attached hydrogens (primary N) is 1. The van der Waals surface area contributed by atoms with Crippen molar-refractivity contribution >= 4 is 0 Å². The number of rotatable bonds is 4. The van der Waals surface area contributed by atoms with Gasteiger partial charge in [0.05, 0.1) is 6.54 Å². The maximum Gasteiger partial charge on any atom is 0.123 e. The quantitative estimate of drug-likeness (QED) is 0.864. The minimum Gasteiger partial charge on any atom is -0.331 e. The molecule has 4 heteroatoms. The third-order valence-electron chi connectivity index (χ3n) is 3.80. The molecule has 1 fully saturated rings. The molecule has 1 saturated heterocycles. The van der Waals surface area contributed by atoms with E-state index < -0.39 is 0 Å². The van der Waals surface area contributed by atoms with Gasteiger partial charge in [0.1, 0.15) is 5.82 Å². The highest BCUT2D eigenvalue weighted by atomic mass is 15.2. The summed E-state index contributed by atoms with van der Waals surface area (Å²) >= 11 is 0. The summed E-state index contributed by atoms with van der Waals surface area (Å²) in [6.45, 7) is 10.6. The summed E-state index contributed by atoms with van der Waals surface area (Å²) in [7, 11) is 0. The van der Waals surface area contributed by atoms with Crippen LogP contribution in [0.1, 0.15) is 39.1 Å². The van der Waals surface area contributed by atoms with Crippen LogP contribution in [0.15, 0.2) is 12.4 Å². The minimum atomic E-state index is 0.301. The van der Waals surface area contributed by atoms with E-state index >= 15 is 0 Å². The second kappa shape index (κ2) is 4.78. The van der Waals surface area contributed by atoms with E-state index in [0.717, 1.165) is 26.2 Å². The van der Waals surface area contributed by atoms with Gasteiger partial charge in [0.2, 0.25) is 0 Å². The lowest BCUT2D eigenvalue weighted by atomic mass is 9.90. The Morgan fingerprint density at radius 2 is 2.29 bits per heavy atom. The summed E-state index contributed by atoms with van der Waals surface area (Å²) < 4.78 is 2.25. The fourth-order valence-electron chi connectivity index (χ4n) is 2.56. The van der Waals surface area contributed by atoms with Gasteiger partial charge in [-0.3, -0.25) is 4.90 Å². The Morgan fingerprint density at radius 3 is 2.88 bits per heavy atom. The van der Waals surface area contributed by atoms with E-state index in [1.807, 2.05) is 6.20 Å². The van der Waals surface area contributed by atoms with Crippen LogP contribution in [0.3, 0.4) is 0 Å². The van der Waals surface area contributed by atoms with Gasteiger partial charge in [0.15, 0.2) is 0 Å². The molecular formula is C13H24N4. The lowest BCUT2D eigenvalue weighted by Gasteiger charge is -2.23. The van der Waals surface area contributed by atoms with Gasteiger partial charge in [0, 0.05) is 25.0 Å². The third-order valence-corrected chi connectivity index (χ3v) is 3.80. The zero-order chi connectivity index (χ0) is 12.5. The van der Waals surface area contributed by atoms with Crippen LogP contribution in [-0.2, 0) is 6.54 Å². The number of likely N-dealkylation sites (tertiary alicyclic amines) is 1. The minimum absolute atomic E-state index is 0.301. The zero-order valence-corrected chi connectivity index (χ0v) is 11.2. The summed E-state index contributed by atoms with van der Waals surface area (Å²) in [5.41, 5.74) is 6.14. The Balaban J connectivity index is 2.00. The number of hydrogen-bond donors (Lipinski definition) is 1. The molecule has 17 heavy (non-hydrogen) atoms. The van der Waals surface area contributed by atoms with Gasteiger partial charge in [0.25, 0.3) is 0 Å². The van der Waals surface area contributed by atoms with E-state index in [0.29, 0.717) is 11.5 Å². The first-order chi connectivity index (χ1) is 8.04. The number of imidazole rings is 1. The molecule has 2 N–H and O–H groups in total. The van der Waals surface area contributed by atoms with Crippen LogP contribution >= 0.6 is 0 Å². The molecule has 4 nitrogen and oxygen atoms in total. The zero-order valence-electron chi connectivity index (χ0n) is 11.2. The van der Waals surface area contributed by atoms with Crippen molar-refractivity contribution in [2.24, 2.45) is 11.1 Å². The Kier molecular flexibility index (Phi) is 3.54. The highest BCUT2D eigenvalue weighted by molar-refractivity contribution is 4.97. The van der Waals surface area contributed by atoms with Gasteiger partial charge in [-0.1, -0.05) is 6.92 Å². The van der Waals surface area contributed by atoms with Gasteiger partial charge < -0.3 is 10.3 Å². The van der Waals surface area contributed by atoms with Crippen molar-refractivity contribution in [1.82, 2.24) is 14.5 Å². The van der Waals surface area contributed by atoms with Gasteiger partial charge in [-0.25, -0.2) is 4.98 Å². The van der Waals surface area contributed by atoms with Crippen LogP contribution in [0.25, 0.3) is 0 Å². The maximum absolute atomic E-state index is 5.83. The van der Waals surface area contributed by atoms with Crippen molar-refractivity contribution in [2.75, 3.05) is 19.6 Å². The van der Waals surface area contributed by atoms with Crippen LogP contribution in [0, 0.1) is 5.41 Å². The molecule has 0 aliphatic carbocycles. The normalized spacial score (nSPS) is 25.9. The molecule has 96 valence electrons. The van der Waals surface area contributed by atoms with Gasteiger partial charge in [-0.15, -0.1) is 0 Å². The van der Waals surface area contributed by atoms with Crippen molar-refractivity contribution in [3.8, 4) is 0 Å². The lowest BCUT2D eigenvalue weighted by molar-refractivity contribution is 0.264. The maximum atomic E-state index is 5.83. The Bertz CT molecular complexity index is 371. The highest BCUT2D eigenvalue weighted by Gasteiger charge is 2.32. The van der Waals surface area contributed by atoms with Gasteiger partial charge >= 0.3 is 0 Å². The summed E-state index contributed by atoms with van der Waals surface area (Å²) in [6, 6.07) is 0.482. The Labute approximate surface area is 104 Å². The number of hydrogen-bond acceptors (Lipinski definition) is 3.